The van der Waals surface area contributed by atoms with Crippen molar-refractivity contribution >= 4 is 40.7 Å². The highest BCUT2D eigenvalue weighted by atomic mass is 35.5. The molecule has 0 atom stereocenters. The Bertz CT molecular complexity index is 436. The van der Waals surface area contributed by atoms with Crippen LogP contribution in [-0.2, 0) is 4.74 Å². The van der Waals surface area contributed by atoms with Gasteiger partial charge >= 0.3 is 11.3 Å². The Morgan fingerprint density at radius 3 is 2.83 bits per heavy atom. The first kappa shape index (κ1) is 14.6. The molecule has 1 aromatic rings. The number of carbonyl (C=O) groups is 2. The second-order valence-electron chi connectivity index (χ2n) is 3.19. The molecule has 0 aliphatic carbocycles. The third-order valence-corrected chi connectivity index (χ3v) is 2.42. The summed E-state index contributed by atoms with van der Waals surface area (Å²) < 4.78 is 6.81. The van der Waals surface area contributed by atoms with Crippen molar-refractivity contribution in [1.29, 1.82) is 0 Å². The van der Waals surface area contributed by atoms with Gasteiger partial charge in [-0.05, 0) is 31.5 Å². The van der Waals surface area contributed by atoms with E-state index in [4.69, 9.17) is 11.6 Å². The number of carbonyl (C=O) groups excluding carboxylic acids is 2. The van der Waals surface area contributed by atoms with Crippen LogP contribution in [0.25, 0.3) is 0 Å². The average Bonchev–Trinajstić information content (AvgIpc) is 2.25. The monoisotopic (exact) mass is 289 g/mol. The predicted molar refractivity (Wildman–Crippen MR) is 70.8 cm³/mol. The minimum absolute atomic E-state index is 0.239. The molecule has 0 saturated carbocycles. The summed E-state index contributed by atoms with van der Waals surface area (Å²) in [6, 6.07) is 3.33. The maximum atomic E-state index is 11.4. The molecular weight excluding hydrogens is 278 g/mol. The van der Waals surface area contributed by atoms with Gasteiger partial charge in [0.05, 0.1) is 18.6 Å². The second kappa shape index (κ2) is 7.07. The highest BCUT2D eigenvalue weighted by Crippen LogP contribution is 2.14. The van der Waals surface area contributed by atoms with E-state index in [1.807, 2.05) is 6.92 Å². The molecule has 6 nitrogen and oxygen atoms in total. The number of pyridine rings is 1. The number of hydrogen-bond acceptors (Lipinski definition) is 5. The smallest absolute Gasteiger partial charge is 0.417 e. The molecule has 98 valence electrons. The maximum Gasteiger partial charge on any atom is 0.417 e. The first-order valence-electron chi connectivity index (χ1n) is 5.06. The molecule has 18 heavy (non-hydrogen) atoms. The predicted octanol–water partition coefficient (Wildman–Crippen LogP) is 2.97. The fourth-order valence-electron chi connectivity index (χ4n) is 1.07. The summed E-state index contributed by atoms with van der Waals surface area (Å²) in [6.45, 7) is 3.74. The second-order valence-corrected chi connectivity index (χ2v) is 4.36. The molecule has 1 aromatic heterocycles. The zero-order valence-corrected chi connectivity index (χ0v) is 11.4. The number of rotatable bonds is 2. The molecule has 2 N–H and O–H groups in total. The molecule has 0 aliphatic heterocycles. The van der Waals surface area contributed by atoms with Gasteiger partial charge in [0.2, 0.25) is 0 Å². The lowest BCUT2D eigenvalue weighted by Crippen LogP contribution is -2.21. The molecule has 1 heterocycles. The third kappa shape index (κ3) is 5.24. The summed E-state index contributed by atoms with van der Waals surface area (Å²) in [6.07, 6.45) is -0.673. The van der Waals surface area contributed by atoms with E-state index < -0.39 is 11.3 Å². The summed E-state index contributed by atoms with van der Waals surface area (Å²) in [4.78, 5) is 26.3. The number of nitrogens with one attached hydrogen (secondary N) is 2. The van der Waals surface area contributed by atoms with Gasteiger partial charge in [0.25, 0.3) is 0 Å². The number of hydrogen-bond donors (Lipinski definition) is 2. The van der Waals surface area contributed by atoms with Crippen LogP contribution in [0.2, 0.25) is 5.15 Å². The van der Waals surface area contributed by atoms with Crippen molar-refractivity contribution in [3.05, 3.63) is 22.8 Å². The number of aryl methyl sites for hydroxylation is 1. The van der Waals surface area contributed by atoms with E-state index in [0.717, 1.165) is 5.56 Å². The Morgan fingerprint density at radius 2 is 2.22 bits per heavy atom. The van der Waals surface area contributed by atoms with Crippen LogP contribution in [0.3, 0.4) is 0 Å². The lowest BCUT2D eigenvalue weighted by molar-refractivity contribution is 0.159. The van der Waals surface area contributed by atoms with Crippen LogP contribution in [-0.4, -0.2) is 22.9 Å². The molecule has 0 aromatic carbocycles. The van der Waals surface area contributed by atoms with Gasteiger partial charge in [-0.3, -0.25) is 14.8 Å². The summed E-state index contributed by atoms with van der Waals surface area (Å²) in [5.41, 5.74) is 0.869. The van der Waals surface area contributed by atoms with Crippen molar-refractivity contribution in [3.63, 3.8) is 0 Å². The van der Waals surface area contributed by atoms with Crippen molar-refractivity contribution in [2.45, 2.75) is 13.8 Å². The van der Waals surface area contributed by atoms with Gasteiger partial charge in [-0.25, -0.2) is 9.78 Å². The molecule has 0 unspecified atom stereocenters. The van der Waals surface area contributed by atoms with Gasteiger partial charge in [0.1, 0.15) is 11.0 Å². The topological polar surface area (TPSA) is 80.3 Å². The van der Waals surface area contributed by atoms with Crippen molar-refractivity contribution in [2.24, 2.45) is 0 Å². The fourth-order valence-corrected chi connectivity index (χ4v) is 1.72. The van der Waals surface area contributed by atoms with Crippen molar-refractivity contribution in [3.8, 4) is 0 Å². The Morgan fingerprint density at radius 1 is 1.50 bits per heavy atom. The van der Waals surface area contributed by atoms with E-state index in [2.05, 4.69) is 19.8 Å². The molecule has 8 heteroatoms. The van der Waals surface area contributed by atoms with Gasteiger partial charge in [-0.1, -0.05) is 11.6 Å². The molecule has 0 spiro atoms. The van der Waals surface area contributed by atoms with Gasteiger partial charge in [-0.15, -0.1) is 0 Å². The highest BCUT2D eigenvalue weighted by Gasteiger charge is 2.08. The van der Waals surface area contributed by atoms with Gasteiger partial charge in [-0.2, -0.15) is 0 Å². The summed E-state index contributed by atoms with van der Waals surface area (Å²) in [7, 11) is 0. The zero-order valence-electron chi connectivity index (χ0n) is 9.82. The number of amides is 2. The largest absolute Gasteiger partial charge is 0.449 e. The molecule has 2 amide bonds. The molecule has 0 aliphatic rings. The quantitative estimate of drug-likeness (QED) is 0.646. The van der Waals surface area contributed by atoms with Crippen LogP contribution in [0.5, 0.6) is 0 Å². The summed E-state index contributed by atoms with van der Waals surface area (Å²) in [5.74, 6) is 0.322. The first-order valence-corrected chi connectivity index (χ1v) is 6.25. The van der Waals surface area contributed by atoms with Crippen LogP contribution in [0.15, 0.2) is 12.1 Å². The third-order valence-electron chi connectivity index (χ3n) is 1.67. The Labute approximate surface area is 114 Å². The van der Waals surface area contributed by atoms with E-state index in [9.17, 15) is 9.59 Å². The standard InChI is InChI=1S/C10H12ClN3O3S/c1-3-17-9(15)14-18-10(16)13-8-5-6(2)4-7(11)12-8/h4-5H,3H2,1-2H3,(H,14,15)(H,12,13,16). The highest BCUT2D eigenvalue weighted by molar-refractivity contribution is 8.12. The van der Waals surface area contributed by atoms with E-state index in [1.54, 1.807) is 19.1 Å². The number of anilines is 1. The van der Waals surface area contributed by atoms with Crippen molar-refractivity contribution in [2.75, 3.05) is 11.9 Å². The van der Waals surface area contributed by atoms with E-state index in [-0.39, 0.29) is 11.8 Å². The lowest BCUT2D eigenvalue weighted by Gasteiger charge is -2.06. The zero-order chi connectivity index (χ0) is 13.5. The van der Waals surface area contributed by atoms with E-state index >= 15 is 0 Å². The van der Waals surface area contributed by atoms with E-state index in [0.29, 0.717) is 17.8 Å². The van der Waals surface area contributed by atoms with Crippen LogP contribution < -0.4 is 10.0 Å². The van der Waals surface area contributed by atoms with Crippen LogP contribution in [0.4, 0.5) is 15.4 Å². The van der Waals surface area contributed by atoms with Gasteiger partial charge in [0, 0.05) is 0 Å². The van der Waals surface area contributed by atoms with E-state index in [1.165, 1.54) is 0 Å². The van der Waals surface area contributed by atoms with Crippen LogP contribution in [0.1, 0.15) is 12.5 Å². The molecule has 0 radical (unpaired) electrons. The molecule has 0 bridgehead atoms. The molecular formula is C10H12ClN3O3S. The molecule has 0 saturated heterocycles. The number of ether oxygens (including phenoxy) is 1. The van der Waals surface area contributed by atoms with Crippen LogP contribution >= 0.6 is 23.5 Å². The minimum atomic E-state index is -0.673. The Kier molecular flexibility index (Phi) is 5.73. The van der Waals surface area contributed by atoms with Crippen LogP contribution in [0, 0.1) is 6.92 Å². The fraction of sp³-hybridized carbons (Fsp3) is 0.300. The SMILES string of the molecule is CCOC(=O)NSC(=O)Nc1cc(C)cc(Cl)n1. The van der Waals surface area contributed by atoms with Crippen molar-refractivity contribution < 1.29 is 14.3 Å². The minimum Gasteiger partial charge on any atom is -0.449 e. The van der Waals surface area contributed by atoms with Gasteiger partial charge < -0.3 is 4.74 Å². The Balaban J connectivity index is 2.47. The molecule has 1 rings (SSSR count). The first-order chi connectivity index (χ1) is 8.51. The number of aromatic nitrogens is 1. The number of halogens is 1. The Hall–Kier alpha value is -1.47. The maximum absolute atomic E-state index is 11.4. The molecule has 0 fully saturated rings. The number of nitrogens with zero attached hydrogens (tertiary/aromatic N) is 1. The summed E-state index contributed by atoms with van der Waals surface area (Å²) in [5, 5.41) is 2.28. The van der Waals surface area contributed by atoms with Crippen molar-refractivity contribution in [1.82, 2.24) is 9.71 Å². The normalized spacial score (nSPS) is 9.72. The lowest BCUT2D eigenvalue weighted by atomic mass is 10.3. The van der Waals surface area contributed by atoms with Gasteiger partial charge in [0.15, 0.2) is 0 Å². The average molecular weight is 290 g/mol. The summed E-state index contributed by atoms with van der Waals surface area (Å²) >= 11 is 6.32.